The lowest BCUT2D eigenvalue weighted by Gasteiger charge is -2.21. The number of hydrogen-bond donors (Lipinski definition) is 2. The van der Waals surface area contributed by atoms with Crippen molar-refractivity contribution in [3.63, 3.8) is 0 Å². The normalized spacial score (nSPS) is 14.0. The minimum atomic E-state index is -3.92. The number of sulfonamides is 1. The van der Waals surface area contributed by atoms with Gasteiger partial charge in [-0.15, -0.1) is 10.2 Å². The lowest BCUT2D eigenvalue weighted by molar-refractivity contribution is 0.0773. The second kappa shape index (κ2) is 8.13. The lowest BCUT2D eigenvalue weighted by Crippen LogP contribution is -2.35. The maximum atomic E-state index is 11.3. The van der Waals surface area contributed by atoms with Crippen molar-refractivity contribution in [3.05, 3.63) is 56.7 Å². The number of nitrogens with zero attached hydrogens (tertiary/aromatic N) is 5. The molecule has 9 nitrogen and oxygen atoms in total. The van der Waals surface area contributed by atoms with Crippen molar-refractivity contribution in [3.8, 4) is 11.5 Å². The van der Waals surface area contributed by atoms with E-state index in [1.54, 1.807) is 18.2 Å². The average molecular weight is 478 g/mol. The van der Waals surface area contributed by atoms with Crippen LogP contribution in [0.2, 0.25) is 15.1 Å². The number of aliphatic hydroxyl groups is 1. The van der Waals surface area contributed by atoms with Gasteiger partial charge in [0.25, 0.3) is 0 Å². The fraction of sp³-hybridized carbons (Fsp3) is 0.250. The molecule has 1 unspecified atom stereocenters. The van der Waals surface area contributed by atoms with Crippen molar-refractivity contribution in [2.24, 2.45) is 5.14 Å². The molecule has 0 amide bonds. The molecule has 2 aromatic heterocycles. The molecule has 1 atom stereocenters. The van der Waals surface area contributed by atoms with Gasteiger partial charge in [-0.25, -0.2) is 18.5 Å². The highest BCUT2D eigenvalue weighted by Gasteiger charge is 2.30. The summed E-state index contributed by atoms with van der Waals surface area (Å²) in [6.45, 7) is 1.47. The summed E-state index contributed by atoms with van der Waals surface area (Å²) in [6, 6.07) is 7.83. The molecule has 0 aliphatic rings. The lowest BCUT2D eigenvalue weighted by atomic mass is 10.0. The first-order chi connectivity index (χ1) is 13.4. The van der Waals surface area contributed by atoms with Gasteiger partial charge in [-0.05, 0) is 42.0 Å². The predicted molar refractivity (Wildman–Crippen MR) is 109 cm³/mol. The van der Waals surface area contributed by atoms with Crippen LogP contribution in [0.5, 0.6) is 0 Å². The van der Waals surface area contributed by atoms with Gasteiger partial charge in [-0.2, -0.15) is 4.80 Å². The van der Waals surface area contributed by atoms with E-state index in [-0.39, 0.29) is 18.1 Å². The van der Waals surface area contributed by atoms with Gasteiger partial charge in [0.2, 0.25) is 15.8 Å². The molecule has 0 aliphatic heterocycles. The molecule has 0 saturated heterocycles. The quantitative estimate of drug-likeness (QED) is 0.519. The van der Waals surface area contributed by atoms with Crippen LogP contribution >= 0.6 is 34.8 Å². The summed E-state index contributed by atoms with van der Waals surface area (Å²) >= 11 is 18.2. The molecule has 3 N–H and O–H groups in total. The number of benzene rings is 1. The Morgan fingerprint density at radius 1 is 1.24 bits per heavy atom. The second-order valence-corrected chi connectivity index (χ2v) is 9.33. The summed E-state index contributed by atoms with van der Waals surface area (Å²) in [5, 5.41) is 28.7. The zero-order chi connectivity index (χ0) is 21.4. The first-order valence-corrected chi connectivity index (χ1v) is 10.9. The topological polar surface area (TPSA) is 137 Å². The van der Waals surface area contributed by atoms with Crippen molar-refractivity contribution in [1.29, 1.82) is 0 Å². The highest BCUT2D eigenvalue weighted by molar-refractivity contribution is 7.89. The van der Waals surface area contributed by atoms with Crippen molar-refractivity contribution < 1.29 is 13.5 Å². The van der Waals surface area contributed by atoms with E-state index in [9.17, 15) is 13.5 Å². The van der Waals surface area contributed by atoms with Crippen LogP contribution in [0.3, 0.4) is 0 Å². The summed E-state index contributed by atoms with van der Waals surface area (Å²) < 4.78 is 22.7. The standard InChI is InChI=1S/C16H15Cl3N6O3S/c1-16(26,8-29(20,27)28)13-4-2-3-12(21-13)15-22-24-25(23-15)7-9-5-10(17)6-11(18)14(9)19/h2-6,26H,7-8H2,1H3,(H2,20,27,28). The third-order valence-electron chi connectivity index (χ3n) is 3.85. The zero-order valence-electron chi connectivity index (χ0n) is 14.9. The Balaban J connectivity index is 1.88. The number of halogens is 3. The summed E-state index contributed by atoms with van der Waals surface area (Å²) in [7, 11) is -3.92. The Morgan fingerprint density at radius 3 is 2.66 bits per heavy atom. The molecule has 13 heteroatoms. The molecule has 29 heavy (non-hydrogen) atoms. The minimum Gasteiger partial charge on any atom is -0.383 e. The Hall–Kier alpha value is -1.82. The average Bonchev–Trinajstić information content (AvgIpc) is 3.06. The summed E-state index contributed by atoms with van der Waals surface area (Å²) in [5.41, 5.74) is -0.792. The van der Waals surface area contributed by atoms with E-state index in [4.69, 9.17) is 39.9 Å². The first kappa shape index (κ1) is 21.9. The smallest absolute Gasteiger partial charge is 0.223 e. The number of hydrogen-bond acceptors (Lipinski definition) is 7. The molecule has 154 valence electrons. The molecule has 0 spiro atoms. The van der Waals surface area contributed by atoms with Crippen LogP contribution in [-0.2, 0) is 22.2 Å². The van der Waals surface area contributed by atoms with E-state index >= 15 is 0 Å². The molecule has 2 heterocycles. The molecule has 1 aromatic carbocycles. The van der Waals surface area contributed by atoms with E-state index in [2.05, 4.69) is 20.4 Å². The fourth-order valence-electron chi connectivity index (χ4n) is 2.61. The van der Waals surface area contributed by atoms with Crippen LogP contribution in [0.15, 0.2) is 30.3 Å². The third-order valence-corrected chi connectivity index (χ3v) is 5.87. The van der Waals surface area contributed by atoms with E-state index in [0.717, 1.165) is 0 Å². The van der Waals surface area contributed by atoms with E-state index in [1.807, 2.05) is 0 Å². The molecule has 0 bridgehead atoms. The SMILES string of the molecule is CC(O)(CS(N)(=O)=O)c1cccc(-c2nnn(Cc3cc(Cl)cc(Cl)c3Cl)n2)n1. The van der Waals surface area contributed by atoms with Crippen LogP contribution in [0.4, 0.5) is 0 Å². The molecule has 3 aromatic rings. The van der Waals surface area contributed by atoms with Crippen molar-refractivity contribution in [2.45, 2.75) is 19.1 Å². The number of pyridine rings is 1. The van der Waals surface area contributed by atoms with E-state index in [1.165, 1.54) is 23.9 Å². The van der Waals surface area contributed by atoms with Crippen molar-refractivity contribution in [2.75, 3.05) is 5.75 Å². The number of rotatable bonds is 6. The van der Waals surface area contributed by atoms with Crippen molar-refractivity contribution >= 4 is 44.8 Å². The van der Waals surface area contributed by atoms with Crippen LogP contribution in [-0.4, -0.2) is 44.5 Å². The summed E-state index contributed by atoms with van der Waals surface area (Å²) in [6.07, 6.45) is 0. The van der Waals surface area contributed by atoms with Crippen LogP contribution in [0.25, 0.3) is 11.5 Å². The number of nitrogens with two attached hydrogens (primary N) is 1. The number of aromatic nitrogens is 5. The van der Waals surface area contributed by atoms with E-state index < -0.39 is 21.4 Å². The Kier molecular flexibility index (Phi) is 6.13. The van der Waals surface area contributed by atoms with Gasteiger partial charge in [-0.1, -0.05) is 40.9 Å². The largest absolute Gasteiger partial charge is 0.383 e. The van der Waals surface area contributed by atoms with Crippen LogP contribution < -0.4 is 5.14 Å². The number of tetrazole rings is 1. The molecule has 0 saturated carbocycles. The Labute approximate surface area is 181 Å². The molecule has 0 aliphatic carbocycles. The molecule has 0 radical (unpaired) electrons. The van der Waals surface area contributed by atoms with Gasteiger partial charge >= 0.3 is 0 Å². The highest BCUT2D eigenvalue weighted by Crippen LogP contribution is 2.30. The fourth-order valence-corrected chi connectivity index (χ4v) is 4.25. The van der Waals surface area contributed by atoms with Crippen molar-refractivity contribution in [1.82, 2.24) is 25.2 Å². The Morgan fingerprint density at radius 2 is 1.97 bits per heavy atom. The highest BCUT2D eigenvalue weighted by atomic mass is 35.5. The van der Waals surface area contributed by atoms with Gasteiger partial charge in [0.1, 0.15) is 11.3 Å². The van der Waals surface area contributed by atoms with E-state index in [0.29, 0.717) is 26.3 Å². The summed E-state index contributed by atoms with van der Waals surface area (Å²) in [5.74, 6) is -0.521. The Bertz CT molecular complexity index is 1170. The van der Waals surface area contributed by atoms with Gasteiger partial charge in [0.05, 0.1) is 28.0 Å². The van der Waals surface area contributed by atoms with Gasteiger partial charge in [0.15, 0.2) is 0 Å². The maximum absolute atomic E-state index is 11.3. The monoisotopic (exact) mass is 476 g/mol. The van der Waals surface area contributed by atoms with Gasteiger partial charge < -0.3 is 5.11 Å². The molecule has 3 rings (SSSR count). The van der Waals surface area contributed by atoms with Crippen LogP contribution in [0, 0.1) is 0 Å². The maximum Gasteiger partial charge on any atom is 0.223 e. The van der Waals surface area contributed by atoms with Crippen LogP contribution in [0.1, 0.15) is 18.2 Å². The first-order valence-electron chi connectivity index (χ1n) is 8.06. The second-order valence-electron chi connectivity index (χ2n) is 6.49. The summed E-state index contributed by atoms with van der Waals surface area (Å²) in [4.78, 5) is 5.53. The molecule has 0 fully saturated rings. The van der Waals surface area contributed by atoms with Gasteiger partial charge in [0, 0.05) is 5.02 Å². The van der Waals surface area contributed by atoms with Gasteiger partial charge in [-0.3, -0.25) is 0 Å². The predicted octanol–water partition coefficient (Wildman–Crippen LogP) is 2.24. The number of primary sulfonamides is 1. The third kappa shape index (κ3) is 5.41. The molecular formula is C16H15Cl3N6O3S. The zero-order valence-corrected chi connectivity index (χ0v) is 18.0. The minimum absolute atomic E-state index is 0.102. The molecular weight excluding hydrogens is 463 g/mol.